The van der Waals surface area contributed by atoms with Gasteiger partial charge in [0.2, 0.25) is 0 Å². The van der Waals surface area contributed by atoms with Gasteiger partial charge in [0.1, 0.15) is 37.6 Å². The first-order valence-corrected chi connectivity index (χ1v) is 9.73. The van der Waals surface area contributed by atoms with Crippen LogP contribution >= 0.6 is 0 Å². The summed E-state index contributed by atoms with van der Waals surface area (Å²) in [6.45, 7) is -0.272. The number of benzene rings is 2. The molecule has 3 N–H and O–H groups in total. The number of esters is 1. The van der Waals surface area contributed by atoms with Gasteiger partial charge in [-0.15, -0.1) is 0 Å². The number of carbonyl (C=O) groups is 2. The van der Waals surface area contributed by atoms with Crippen LogP contribution in [0.2, 0.25) is 0 Å². The fourth-order valence-corrected chi connectivity index (χ4v) is 3.22. The number of methoxy groups -OCH3 is 1. The van der Waals surface area contributed by atoms with Crippen molar-refractivity contribution in [1.29, 1.82) is 0 Å². The van der Waals surface area contributed by atoms with Gasteiger partial charge in [-0.2, -0.15) is 0 Å². The van der Waals surface area contributed by atoms with Crippen molar-refractivity contribution in [3.05, 3.63) is 71.8 Å². The van der Waals surface area contributed by atoms with Gasteiger partial charge in [-0.25, -0.2) is 9.59 Å². The van der Waals surface area contributed by atoms with E-state index in [0.29, 0.717) is 5.56 Å². The van der Waals surface area contributed by atoms with E-state index >= 15 is 0 Å². The molecule has 3 rings (SSSR count). The number of aliphatic hydroxyl groups excluding tert-OH is 2. The molecule has 31 heavy (non-hydrogen) atoms. The first-order chi connectivity index (χ1) is 15.0. The zero-order valence-electron chi connectivity index (χ0n) is 16.9. The molecular formula is C22H25NO8. The molecule has 2 aromatic rings. The van der Waals surface area contributed by atoms with Gasteiger partial charge in [0, 0.05) is 7.11 Å². The summed E-state index contributed by atoms with van der Waals surface area (Å²) in [5.41, 5.74) is 1.14. The van der Waals surface area contributed by atoms with Crippen LogP contribution in [-0.2, 0) is 25.6 Å². The molecule has 9 heteroatoms. The largest absolute Gasteiger partial charge is 0.459 e. The van der Waals surface area contributed by atoms with Crippen LogP contribution in [-0.4, -0.2) is 66.6 Å². The molecule has 0 spiro atoms. The first-order valence-electron chi connectivity index (χ1n) is 9.73. The quantitative estimate of drug-likeness (QED) is 0.560. The molecule has 2 aromatic carbocycles. The standard InChI is InChI=1S/C22H25NO8/c1-28-19-17(23-22(27)30-12-14-8-4-2-5-9-14)21(26)31-16(18(19)24)13-29-20(25)15-10-6-3-7-11-15/h2-11,16-19,21,24,26H,12-13H2,1H3,(H,23,27)/t16-,17-,18-,19-,21+/m1/s1. The fraction of sp³-hybridized carbons (Fsp3) is 0.364. The predicted octanol–water partition coefficient (Wildman–Crippen LogP) is 1.23. The van der Waals surface area contributed by atoms with E-state index < -0.39 is 42.7 Å². The van der Waals surface area contributed by atoms with Crippen molar-refractivity contribution < 1.29 is 38.7 Å². The monoisotopic (exact) mass is 431 g/mol. The van der Waals surface area contributed by atoms with Crippen molar-refractivity contribution >= 4 is 12.1 Å². The summed E-state index contributed by atoms with van der Waals surface area (Å²) in [6, 6.07) is 16.3. The number of aliphatic hydroxyl groups is 2. The van der Waals surface area contributed by atoms with Crippen molar-refractivity contribution in [2.24, 2.45) is 0 Å². The van der Waals surface area contributed by atoms with Crippen LogP contribution in [0, 0.1) is 0 Å². The Hall–Kier alpha value is -2.98. The van der Waals surface area contributed by atoms with Gasteiger partial charge < -0.3 is 34.5 Å². The highest BCUT2D eigenvalue weighted by molar-refractivity contribution is 5.89. The zero-order valence-corrected chi connectivity index (χ0v) is 16.9. The summed E-state index contributed by atoms with van der Waals surface area (Å²) in [5.74, 6) is -0.593. The summed E-state index contributed by atoms with van der Waals surface area (Å²) in [4.78, 5) is 24.2. The van der Waals surface area contributed by atoms with E-state index in [9.17, 15) is 19.8 Å². The summed E-state index contributed by atoms with van der Waals surface area (Å²) >= 11 is 0. The van der Waals surface area contributed by atoms with E-state index in [0.717, 1.165) is 5.56 Å². The maximum Gasteiger partial charge on any atom is 0.407 e. The topological polar surface area (TPSA) is 124 Å². The Balaban J connectivity index is 1.54. The van der Waals surface area contributed by atoms with Crippen LogP contribution < -0.4 is 5.32 Å². The molecule has 0 bridgehead atoms. The molecule has 0 saturated carbocycles. The third kappa shape index (κ3) is 6.02. The Labute approximate surface area is 179 Å². The lowest BCUT2D eigenvalue weighted by Gasteiger charge is -2.41. The van der Waals surface area contributed by atoms with Gasteiger partial charge in [-0.05, 0) is 17.7 Å². The number of hydrogen-bond acceptors (Lipinski definition) is 8. The third-order valence-corrected chi connectivity index (χ3v) is 4.85. The second kappa shape index (κ2) is 10.9. The molecule has 1 heterocycles. The van der Waals surface area contributed by atoms with Gasteiger partial charge in [-0.1, -0.05) is 48.5 Å². The number of rotatable bonds is 7. The highest BCUT2D eigenvalue weighted by Gasteiger charge is 2.46. The Morgan fingerprint density at radius 3 is 2.29 bits per heavy atom. The molecular weight excluding hydrogens is 406 g/mol. The summed E-state index contributed by atoms with van der Waals surface area (Å²) in [7, 11) is 1.32. The average molecular weight is 431 g/mol. The van der Waals surface area contributed by atoms with Gasteiger partial charge in [0.05, 0.1) is 5.56 Å². The van der Waals surface area contributed by atoms with Crippen LogP contribution in [0.1, 0.15) is 15.9 Å². The van der Waals surface area contributed by atoms with Crippen LogP contribution in [0.15, 0.2) is 60.7 Å². The lowest BCUT2D eigenvalue weighted by atomic mass is 9.97. The number of alkyl carbamates (subject to hydrolysis) is 1. The number of hydrogen-bond donors (Lipinski definition) is 3. The fourth-order valence-electron chi connectivity index (χ4n) is 3.22. The number of ether oxygens (including phenoxy) is 4. The Bertz CT molecular complexity index is 847. The second-order valence-electron chi connectivity index (χ2n) is 6.95. The van der Waals surface area contributed by atoms with Crippen molar-refractivity contribution in [3.8, 4) is 0 Å². The van der Waals surface area contributed by atoms with Gasteiger partial charge in [0.15, 0.2) is 6.29 Å². The van der Waals surface area contributed by atoms with Crippen LogP contribution in [0.3, 0.4) is 0 Å². The van der Waals surface area contributed by atoms with E-state index in [-0.39, 0.29) is 13.2 Å². The van der Waals surface area contributed by atoms with Crippen LogP contribution in [0.4, 0.5) is 4.79 Å². The minimum absolute atomic E-state index is 0.0363. The molecule has 166 valence electrons. The predicted molar refractivity (Wildman–Crippen MR) is 108 cm³/mol. The first kappa shape index (κ1) is 22.7. The molecule has 1 saturated heterocycles. The van der Waals surface area contributed by atoms with Gasteiger partial charge in [0.25, 0.3) is 0 Å². The molecule has 1 aliphatic heterocycles. The minimum atomic E-state index is -1.52. The maximum atomic E-state index is 12.1. The molecule has 0 unspecified atom stereocenters. The normalized spacial score (nSPS) is 25.5. The molecule has 5 atom stereocenters. The SMILES string of the molecule is CO[C@H]1[C@H](O)[C@@H](COC(=O)c2ccccc2)O[C@H](O)[C@@H]1NC(=O)OCc1ccccc1. The smallest absolute Gasteiger partial charge is 0.407 e. The van der Waals surface area contributed by atoms with E-state index in [1.807, 2.05) is 18.2 Å². The molecule has 1 fully saturated rings. The molecule has 1 amide bonds. The molecule has 9 nitrogen and oxygen atoms in total. The highest BCUT2D eigenvalue weighted by atomic mass is 16.6. The Morgan fingerprint density at radius 2 is 1.65 bits per heavy atom. The van der Waals surface area contributed by atoms with Crippen LogP contribution in [0.25, 0.3) is 0 Å². The number of nitrogens with one attached hydrogen (secondary N) is 1. The maximum absolute atomic E-state index is 12.1. The number of carbonyl (C=O) groups excluding carboxylic acids is 2. The summed E-state index contributed by atoms with van der Waals surface area (Å²) in [6.07, 6.45) is -5.67. The molecule has 0 aromatic heterocycles. The zero-order chi connectivity index (χ0) is 22.2. The Kier molecular flexibility index (Phi) is 7.96. The number of amides is 1. The van der Waals surface area contributed by atoms with E-state index in [2.05, 4.69) is 5.32 Å². The summed E-state index contributed by atoms with van der Waals surface area (Å²) in [5, 5.41) is 23.4. The lowest BCUT2D eigenvalue weighted by molar-refractivity contribution is -0.257. The molecule has 1 aliphatic rings. The molecule has 0 aliphatic carbocycles. The summed E-state index contributed by atoms with van der Waals surface area (Å²) < 4.78 is 21.0. The minimum Gasteiger partial charge on any atom is -0.459 e. The lowest BCUT2D eigenvalue weighted by Crippen LogP contribution is -2.64. The van der Waals surface area contributed by atoms with Crippen molar-refractivity contribution in [1.82, 2.24) is 5.32 Å². The average Bonchev–Trinajstić information content (AvgIpc) is 2.80. The Morgan fingerprint density at radius 1 is 1.00 bits per heavy atom. The van der Waals surface area contributed by atoms with Gasteiger partial charge >= 0.3 is 12.1 Å². The van der Waals surface area contributed by atoms with Crippen LogP contribution in [0.5, 0.6) is 0 Å². The van der Waals surface area contributed by atoms with Crippen molar-refractivity contribution in [2.75, 3.05) is 13.7 Å². The highest BCUT2D eigenvalue weighted by Crippen LogP contribution is 2.23. The van der Waals surface area contributed by atoms with Crippen molar-refractivity contribution in [3.63, 3.8) is 0 Å². The van der Waals surface area contributed by atoms with E-state index in [1.165, 1.54) is 7.11 Å². The third-order valence-electron chi connectivity index (χ3n) is 4.85. The van der Waals surface area contributed by atoms with Crippen molar-refractivity contribution in [2.45, 2.75) is 37.3 Å². The molecule has 0 radical (unpaired) electrons. The van der Waals surface area contributed by atoms with Gasteiger partial charge in [-0.3, -0.25) is 0 Å². The van der Waals surface area contributed by atoms with E-state index in [1.54, 1.807) is 42.5 Å². The van der Waals surface area contributed by atoms with E-state index in [4.69, 9.17) is 18.9 Å². The second-order valence-corrected chi connectivity index (χ2v) is 6.95.